The van der Waals surface area contributed by atoms with Crippen molar-refractivity contribution < 1.29 is 0 Å². The van der Waals surface area contributed by atoms with Gasteiger partial charge in [0.15, 0.2) is 0 Å². The summed E-state index contributed by atoms with van der Waals surface area (Å²) in [6.45, 7) is 1.98. The summed E-state index contributed by atoms with van der Waals surface area (Å²) in [5, 5.41) is 1.12. The first kappa shape index (κ1) is 6.22. The van der Waals surface area contributed by atoms with Crippen molar-refractivity contribution in [2.24, 2.45) is 0 Å². The molecule has 0 saturated carbocycles. The lowest BCUT2D eigenvalue weighted by atomic mass is 10.3. The summed E-state index contributed by atoms with van der Waals surface area (Å²) >= 11 is 0. The number of hydrogen-bond donors (Lipinski definition) is 1. The van der Waals surface area contributed by atoms with Crippen LogP contribution in [0, 0.1) is 6.92 Å². The number of nitrogens with two attached hydrogens (primary N) is 1. The van der Waals surface area contributed by atoms with Gasteiger partial charge in [0.05, 0.1) is 11.7 Å². The van der Waals surface area contributed by atoms with Crippen molar-refractivity contribution >= 4 is 10.9 Å². The highest BCUT2D eigenvalue weighted by atomic mass is 15.3. The van der Waals surface area contributed by atoms with Crippen molar-refractivity contribution in [3.05, 3.63) is 30.2 Å². The van der Waals surface area contributed by atoms with Crippen LogP contribution in [0.15, 0.2) is 24.5 Å². The van der Waals surface area contributed by atoms with E-state index in [2.05, 4.69) is 4.98 Å². The number of hydrogen-bond acceptors (Lipinski definition) is 2. The van der Waals surface area contributed by atoms with Crippen molar-refractivity contribution in [3.63, 3.8) is 0 Å². The molecule has 2 aromatic heterocycles. The smallest absolute Gasteiger partial charge is 0.0902 e. The molecule has 0 aliphatic carbocycles. The SMILES string of the molecule is Cc1c2cccnc2cn1N. The quantitative estimate of drug-likeness (QED) is 0.566. The van der Waals surface area contributed by atoms with E-state index < -0.39 is 0 Å². The second kappa shape index (κ2) is 1.99. The summed E-state index contributed by atoms with van der Waals surface area (Å²) in [7, 11) is 0. The maximum absolute atomic E-state index is 5.63. The van der Waals surface area contributed by atoms with Crippen LogP contribution in [0.1, 0.15) is 5.69 Å². The van der Waals surface area contributed by atoms with Gasteiger partial charge < -0.3 is 5.84 Å². The highest BCUT2D eigenvalue weighted by molar-refractivity contribution is 5.81. The molecule has 2 heterocycles. The topological polar surface area (TPSA) is 43.8 Å². The van der Waals surface area contributed by atoms with E-state index in [1.807, 2.05) is 25.3 Å². The molecule has 0 aliphatic rings. The molecule has 2 aromatic rings. The fraction of sp³-hybridized carbons (Fsp3) is 0.125. The normalized spacial score (nSPS) is 10.6. The van der Waals surface area contributed by atoms with Gasteiger partial charge in [-0.2, -0.15) is 0 Å². The third-order valence-corrected chi connectivity index (χ3v) is 1.88. The fourth-order valence-corrected chi connectivity index (χ4v) is 1.19. The standard InChI is InChI=1S/C8H9N3/c1-6-7-3-2-4-10-8(7)5-11(6)9/h2-5H,9H2,1H3. The van der Waals surface area contributed by atoms with Gasteiger partial charge >= 0.3 is 0 Å². The average molecular weight is 147 g/mol. The largest absolute Gasteiger partial charge is 0.339 e. The molecule has 0 bridgehead atoms. The molecule has 2 rings (SSSR count). The summed E-state index contributed by atoms with van der Waals surface area (Å²) in [4.78, 5) is 4.16. The zero-order chi connectivity index (χ0) is 7.84. The number of aromatic nitrogens is 2. The molecule has 2 N–H and O–H groups in total. The van der Waals surface area contributed by atoms with Crippen LogP contribution >= 0.6 is 0 Å². The van der Waals surface area contributed by atoms with Gasteiger partial charge in [-0.3, -0.25) is 9.66 Å². The van der Waals surface area contributed by atoms with Gasteiger partial charge in [-0.1, -0.05) is 0 Å². The first-order chi connectivity index (χ1) is 5.29. The van der Waals surface area contributed by atoms with Crippen LogP contribution in [0.4, 0.5) is 0 Å². The molecule has 0 amide bonds. The number of rotatable bonds is 0. The average Bonchev–Trinajstić information content (AvgIpc) is 2.30. The molecule has 0 unspecified atom stereocenters. The number of aryl methyl sites for hydroxylation is 1. The summed E-state index contributed by atoms with van der Waals surface area (Å²) in [6.07, 6.45) is 3.59. The molecule has 3 nitrogen and oxygen atoms in total. The second-order valence-corrected chi connectivity index (χ2v) is 2.56. The predicted molar refractivity (Wildman–Crippen MR) is 44.6 cm³/mol. The number of nitrogens with zero attached hydrogens (tertiary/aromatic N) is 2. The molecule has 0 saturated heterocycles. The molecule has 0 radical (unpaired) electrons. The third kappa shape index (κ3) is 0.774. The molecule has 0 aromatic carbocycles. The molecular weight excluding hydrogens is 138 g/mol. The van der Waals surface area contributed by atoms with Crippen molar-refractivity contribution in [3.8, 4) is 0 Å². The number of pyridine rings is 1. The van der Waals surface area contributed by atoms with E-state index in [4.69, 9.17) is 5.84 Å². The number of nitrogen functional groups attached to an aromatic ring is 1. The van der Waals surface area contributed by atoms with Gasteiger partial charge in [0.1, 0.15) is 0 Å². The Morgan fingerprint density at radius 1 is 1.55 bits per heavy atom. The van der Waals surface area contributed by atoms with Gasteiger partial charge in [0.2, 0.25) is 0 Å². The minimum absolute atomic E-state index is 0.951. The first-order valence-corrected chi connectivity index (χ1v) is 3.47. The van der Waals surface area contributed by atoms with Gasteiger partial charge in [-0.05, 0) is 19.1 Å². The Bertz CT molecular complexity index is 389. The van der Waals surface area contributed by atoms with Gasteiger partial charge in [0, 0.05) is 17.3 Å². The molecule has 56 valence electrons. The summed E-state index contributed by atoms with van der Waals surface area (Å²) in [5.41, 5.74) is 2.00. The van der Waals surface area contributed by atoms with Crippen LogP contribution in [0.3, 0.4) is 0 Å². The maximum atomic E-state index is 5.63. The monoisotopic (exact) mass is 147 g/mol. The summed E-state index contributed by atoms with van der Waals surface area (Å²) in [6, 6.07) is 3.93. The number of fused-ring (bicyclic) bond motifs is 1. The Morgan fingerprint density at radius 3 is 3.09 bits per heavy atom. The second-order valence-electron chi connectivity index (χ2n) is 2.56. The highest BCUT2D eigenvalue weighted by Crippen LogP contribution is 2.15. The van der Waals surface area contributed by atoms with Gasteiger partial charge in [0.25, 0.3) is 0 Å². The zero-order valence-corrected chi connectivity index (χ0v) is 6.28. The molecule has 0 spiro atoms. The van der Waals surface area contributed by atoms with Gasteiger partial charge in [-0.15, -0.1) is 0 Å². The lowest BCUT2D eigenvalue weighted by Crippen LogP contribution is -2.07. The fourth-order valence-electron chi connectivity index (χ4n) is 1.19. The molecule has 3 heteroatoms. The van der Waals surface area contributed by atoms with Crippen LogP contribution in [-0.2, 0) is 0 Å². The van der Waals surface area contributed by atoms with E-state index >= 15 is 0 Å². The highest BCUT2D eigenvalue weighted by Gasteiger charge is 2.01. The van der Waals surface area contributed by atoms with Crippen LogP contribution < -0.4 is 5.84 Å². The van der Waals surface area contributed by atoms with Crippen LogP contribution in [0.25, 0.3) is 10.9 Å². The molecular formula is C8H9N3. The first-order valence-electron chi connectivity index (χ1n) is 3.47. The van der Waals surface area contributed by atoms with Gasteiger partial charge in [-0.25, -0.2) is 0 Å². The summed E-state index contributed by atoms with van der Waals surface area (Å²) in [5.74, 6) is 5.63. The molecule has 0 atom stereocenters. The Kier molecular flexibility index (Phi) is 1.12. The maximum Gasteiger partial charge on any atom is 0.0902 e. The van der Waals surface area contributed by atoms with E-state index in [0.717, 1.165) is 16.6 Å². The van der Waals surface area contributed by atoms with Crippen LogP contribution in [-0.4, -0.2) is 9.66 Å². The van der Waals surface area contributed by atoms with Crippen molar-refractivity contribution in [1.82, 2.24) is 9.66 Å². The lowest BCUT2D eigenvalue weighted by Gasteiger charge is -1.92. The van der Waals surface area contributed by atoms with E-state index in [-0.39, 0.29) is 0 Å². The molecule has 0 aliphatic heterocycles. The summed E-state index contributed by atoms with van der Waals surface area (Å²) < 4.78 is 1.59. The third-order valence-electron chi connectivity index (χ3n) is 1.88. The Hall–Kier alpha value is -1.51. The molecule has 0 fully saturated rings. The Labute approximate surface area is 64.4 Å². The van der Waals surface area contributed by atoms with Crippen LogP contribution in [0.2, 0.25) is 0 Å². The Morgan fingerprint density at radius 2 is 2.36 bits per heavy atom. The minimum atomic E-state index is 0.951. The van der Waals surface area contributed by atoms with Crippen molar-refractivity contribution in [2.75, 3.05) is 5.84 Å². The lowest BCUT2D eigenvalue weighted by molar-refractivity contribution is 0.969. The predicted octanol–water partition coefficient (Wildman–Crippen LogP) is 1.06. The van der Waals surface area contributed by atoms with E-state index in [1.165, 1.54) is 0 Å². The zero-order valence-electron chi connectivity index (χ0n) is 6.28. The van der Waals surface area contributed by atoms with E-state index in [1.54, 1.807) is 10.9 Å². The van der Waals surface area contributed by atoms with Crippen molar-refractivity contribution in [1.29, 1.82) is 0 Å². The Balaban J connectivity index is 2.92. The van der Waals surface area contributed by atoms with E-state index in [9.17, 15) is 0 Å². The molecule has 11 heavy (non-hydrogen) atoms. The van der Waals surface area contributed by atoms with E-state index in [0.29, 0.717) is 0 Å². The van der Waals surface area contributed by atoms with Crippen molar-refractivity contribution in [2.45, 2.75) is 6.92 Å². The van der Waals surface area contributed by atoms with Crippen LogP contribution in [0.5, 0.6) is 0 Å². The minimum Gasteiger partial charge on any atom is -0.339 e.